The molecule has 14 heavy (non-hydrogen) atoms. The lowest BCUT2D eigenvalue weighted by Crippen LogP contribution is -2.16. The Labute approximate surface area is 80.9 Å². The van der Waals surface area contributed by atoms with E-state index < -0.39 is 5.97 Å². The molecule has 1 N–H and O–H groups in total. The zero-order valence-electron chi connectivity index (χ0n) is 7.75. The van der Waals surface area contributed by atoms with Gasteiger partial charge in [0.25, 0.3) is 0 Å². The summed E-state index contributed by atoms with van der Waals surface area (Å²) in [5.74, 6) is -0.173. The molecule has 2 aliphatic rings. The van der Waals surface area contributed by atoms with Crippen LogP contribution in [0.25, 0.3) is 0 Å². The van der Waals surface area contributed by atoms with Crippen molar-refractivity contribution in [2.24, 2.45) is 5.41 Å². The van der Waals surface area contributed by atoms with Crippen LogP contribution in [0.1, 0.15) is 41.1 Å². The molecule has 1 spiro atoms. The highest BCUT2D eigenvalue weighted by Crippen LogP contribution is 2.55. The molecule has 1 aromatic rings. The van der Waals surface area contributed by atoms with Crippen molar-refractivity contribution in [3.05, 3.63) is 17.0 Å². The molecule has 1 heterocycles. The molecule has 2 aliphatic carbocycles. The van der Waals surface area contributed by atoms with Gasteiger partial charge in [0.05, 0.1) is 0 Å². The lowest BCUT2D eigenvalue weighted by molar-refractivity contribution is 0.0684. The Morgan fingerprint density at radius 2 is 2.21 bits per heavy atom. The monoisotopic (exact) mass is 193 g/mol. The smallest absolute Gasteiger partial charge is 0.358 e. The van der Waals surface area contributed by atoms with E-state index in [4.69, 9.17) is 9.63 Å². The van der Waals surface area contributed by atoms with Gasteiger partial charge >= 0.3 is 5.97 Å². The molecule has 3 rings (SSSR count). The van der Waals surface area contributed by atoms with E-state index in [1.54, 1.807) is 0 Å². The summed E-state index contributed by atoms with van der Waals surface area (Å²) in [5.41, 5.74) is 1.38. The van der Waals surface area contributed by atoms with Crippen molar-refractivity contribution >= 4 is 5.97 Å². The maximum absolute atomic E-state index is 10.8. The number of aromatic nitrogens is 1. The molecule has 4 nitrogen and oxygen atoms in total. The van der Waals surface area contributed by atoms with Crippen molar-refractivity contribution in [2.75, 3.05) is 0 Å². The third-order valence-electron chi connectivity index (χ3n) is 3.46. The molecule has 1 aromatic heterocycles. The maximum atomic E-state index is 10.8. The maximum Gasteiger partial charge on any atom is 0.358 e. The molecule has 0 aliphatic heterocycles. The second-order valence-corrected chi connectivity index (χ2v) is 4.41. The van der Waals surface area contributed by atoms with Crippen molar-refractivity contribution in [1.82, 2.24) is 5.16 Å². The van der Waals surface area contributed by atoms with E-state index in [-0.39, 0.29) is 5.69 Å². The average Bonchev–Trinajstić information content (AvgIpc) is 2.77. The molecule has 0 atom stereocenters. The molecule has 4 heteroatoms. The first-order valence-corrected chi connectivity index (χ1v) is 4.91. The largest absolute Gasteiger partial charge is 0.476 e. The quantitative estimate of drug-likeness (QED) is 0.736. The zero-order valence-corrected chi connectivity index (χ0v) is 7.75. The molecule has 1 saturated carbocycles. The van der Waals surface area contributed by atoms with E-state index in [0.29, 0.717) is 5.41 Å². The Hall–Kier alpha value is -1.32. The number of hydrogen-bond donors (Lipinski definition) is 1. The van der Waals surface area contributed by atoms with Crippen LogP contribution < -0.4 is 0 Å². The second kappa shape index (κ2) is 2.38. The van der Waals surface area contributed by atoms with Crippen LogP contribution in [0.4, 0.5) is 0 Å². The SMILES string of the molecule is O=C(O)c1noc2c1CC1(CC2)CC1. The number of carbonyl (C=O) groups is 1. The van der Waals surface area contributed by atoms with Gasteiger partial charge in [-0.15, -0.1) is 0 Å². The van der Waals surface area contributed by atoms with Crippen molar-refractivity contribution in [3.8, 4) is 0 Å². The van der Waals surface area contributed by atoms with Gasteiger partial charge in [0.2, 0.25) is 0 Å². The minimum atomic E-state index is -0.965. The average molecular weight is 193 g/mol. The summed E-state index contributed by atoms with van der Waals surface area (Å²) in [7, 11) is 0. The fraction of sp³-hybridized carbons (Fsp3) is 0.600. The van der Waals surface area contributed by atoms with Crippen LogP contribution in [0.2, 0.25) is 0 Å². The van der Waals surface area contributed by atoms with Crippen LogP contribution in [0, 0.1) is 5.41 Å². The highest BCUT2D eigenvalue weighted by atomic mass is 16.5. The van der Waals surface area contributed by atoms with Crippen molar-refractivity contribution < 1.29 is 14.4 Å². The third-order valence-corrected chi connectivity index (χ3v) is 3.46. The molecule has 0 radical (unpaired) electrons. The first-order chi connectivity index (χ1) is 6.70. The Kier molecular flexibility index (Phi) is 1.36. The van der Waals surface area contributed by atoms with Gasteiger partial charge in [0.1, 0.15) is 5.76 Å². The lowest BCUT2D eigenvalue weighted by Gasteiger charge is -2.19. The first-order valence-electron chi connectivity index (χ1n) is 4.91. The van der Waals surface area contributed by atoms with E-state index >= 15 is 0 Å². The van der Waals surface area contributed by atoms with Gasteiger partial charge in [-0.2, -0.15) is 0 Å². The normalized spacial score (nSPS) is 22.0. The zero-order chi connectivity index (χ0) is 9.76. The van der Waals surface area contributed by atoms with Crippen LogP contribution in [-0.4, -0.2) is 16.2 Å². The highest BCUT2D eigenvalue weighted by Gasteiger charge is 2.47. The predicted molar refractivity (Wildman–Crippen MR) is 47.2 cm³/mol. The minimum absolute atomic E-state index is 0.131. The Bertz CT molecular complexity index is 403. The second-order valence-electron chi connectivity index (χ2n) is 4.41. The molecular weight excluding hydrogens is 182 g/mol. The molecule has 74 valence electrons. The summed E-state index contributed by atoms with van der Waals surface area (Å²) in [4.78, 5) is 10.8. The van der Waals surface area contributed by atoms with Gasteiger partial charge in [-0.25, -0.2) is 4.79 Å². The molecule has 0 bridgehead atoms. The number of fused-ring (bicyclic) bond motifs is 1. The number of hydrogen-bond acceptors (Lipinski definition) is 3. The number of carboxylic acids is 1. The molecule has 0 aromatic carbocycles. The van der Waals surface area contributed by atoms with Crippen LogP contribution in [0.3, 0.4) is 0 Å². The Balaban J connectivity index is 2.03. The first kappa shape index (κ1) is 8.03. The van der Waals surface area contributed by atoms with Gasteiger partial charge < -0.3 is 9.63 Å². The third kappa shape index (κ3) is 0.997. The summed E-state index contributed by atoms with van der Waals surface area (Å²) in [6.45, 7) is 0. The molecule has 0 unspecified atom stereocenters. The number of aryl methyl sites for hydroxylation is 1. The van der Waals surface area contributed by atoms with Gasteiger partial charge in [-0.1, -0.05) is 5.16 Å². The van der Waals surface area contributed by atoms with Crippen LogP contribution >= 0.6 is 0 Å². The van der Waals surface area contributed by atoms with Crippen molar-refractivity contribution in [1.29, 1.82) is 0 Å². The van der Waals surface area contributed by atoms with Gasteiger partial charge in [-0.3, -0.25) is 0 Å². The molecule has 1 fully saturated rings. The topological polar surface area (TPSA) is 63.3 Å². The van der Waals surface area contributed by atoms with Crippen LogP contribution in [0.15, 0.2) is 4.52 Å². The minimum Gasteiger partial charge on any atom is -0.476 e. The Morgan fingerprint density at radius 3 is 2.86 bits per heavy atom. The standard InChI is InChI=1S/C10H11NO3/c12-9(13)8-6-5-10(3-4-10)2-1-7(6)14-11-8/h1-5H2,(H,12,13). The number of nitrogens with zero attached hydrogens (tertiary/aromatic N) is 1. The molecule has 0 saturated heterocycles. The molecule has 0 amide bonds. The Morgan fingerprint density at radius 1 is 1.43 bits per heavy atom. The fourth-order valence-corrected chi connectivity index (χ4v) is 2.34. The summed E-state index contributed by atoms with van der Waals surface area (Å²) < 4.78 is 5.04. The summed E-state index contributed by atoms with van der Waals surface area (Å²) in [6, 6.07) is 0. The van der Waals surface area contributed by atoms with E-state index in [1.165, 1.54) is 12.8 Å². The van der Waals surface area contributed by atoms with Crippen LogP contribution in [-0.2, 0) is 12.8 Å². The number of carboxylic acid groups (broad SMARTS) is 1. The van der Waals surface area contributed by atoms with Crippen molar-refractivity contribution in [3.63, 3.8) is 0 Å². The van der Waals surface area contributed by atoms with Gasteiger partial charge in [0, 0.05) is 12.0 Å². The summed E-state index contributed by atoms with van der Waals surface area (Å²) in [5, 5.41) is 12.5. The van der Waals surface area contributed by atoms with E-state index in [9.17, 15) is 4.79 Å². The number of aromatic carboxylic acids is 1. The number of rotatable bonds is 1. The fourth-order valence-electron chi connectivity index (χ4n) is 2.34. The van der Waals surface area contributed by atoms with E-state index in [2.05, 4.69) is 5.16 Å². The van der Waals surface area contributed by atoms with Gasteiger partial charge in [-0.05, 0) is 31.1 Å². The molecular formula is C10H11NO3. The summed E-state index contributed by atoms with van der Waals surface area (Å²) in [6.07, 6.45) is 5.31. The summed E-state index contributed by atoms with van der Waals surface area (Å²) >= 11 is 0. The van der Waals surface area contributed by atoms with E-state index in [1.807, 2.05) is 0 Å². The highest BCUT2D eigenvalue weighted by molar-refractivity contribution is 5.87. The van der Waals surface area contributed by atoms with Crippen molar-refractivity contribution in [2.45, 2.75) is 32.1 Å². The predicted octanol–water partition coefficient (Wildman–Crippen LogP) is 1.64. The van der Waals surface area contributed by atoms with Crippen LogP contribution in [0.5, 0.6) is 0 Å². The van der Waals surface area contributed by atoms with Gasteiger partial charge in [0.15, 0.2) is 5.69 Å². The van der Waals surface area contributed by atoms with E-state index in [0.717, 1.165) is 30.6 Å². The lowest BCUT2D eigenvalue weighted by atomic mass is 9.84.